The van der Waals surface area contributed by atoms with Gasteiger partial charge >= 0.3 is 0 Å². The van der Waals surface area contributed by atoms with Gasteiger partial charge in [0.05, 0.1) is 6.54 Å². The van der Waals surface area contributed by atoms with Crippen molar-refractivity contribution in [2.75, 3.05) is 11.9 Å². The average molecular weight is 347 g/mol. The molecule has 0 aliphatic rings. The van der Waals surface area contributed by atoms with Gasteiger partial charge < -0.3 is 5.32 Å². The third-order valence-electron chi connectivity index (χ3n) is 4.15. The van der Waals surface area contributed by atoms with Crippen LogP contribution in [0.5, 0.6) is 0 Å². The van der Waals surface area contributed by atoms with Crippen LogP contribution in [0, 0.1) is 13.8 Å². The lowest BCUT2D eigenvalue weighted by molar-refractivity contribution is -0.120. The van der Waals surface area contributed by atoms with Crippen LogP contribution in [-0.2, 0) is 4.79 Å². The molecule has 0 spiro atoms. The molecule has 0 aliphatic heterocycles. The molecule has 0 radical (unpaired) electrons. The fourth-order valence-corrected chi connectivity index (χ4v) is 2.76. The van der Waals surface area contributed by atoms with E-state index in [1.807, 2.05) is 62.4 Å². The van der Waals surface area contributed by atoms with E-state index in [1.165, 1.54) is 5.56 Å². The van der Waals surface area contributed by atoms with Crippen LogP contribution in [-0.4, -0.2) is 18.4 Å². The number of rotatable bonds is 4. The largest absolute Gasteiger partial charge is 0.376 e. The molecule has 0 heterocycles. The lowest BCUT2D eigenvalue weighted by atomic mass is 10.1. The second-order valence-electron chi connectivity index (χ2n) is 6.24. The summed E-state index contributed by atoms with van der Waals surface area (Å²) in [5.41, 5.74) is 8.50. The Hall–Kier alpha value is -3.34. The first-order valence-corrected chi connectivity index (χ1v) is 8.42. The molecule has 26 heavy (non-hydrogen) atoms. The van der Waals surface area contributed by atoms with Crippen LogP contribution < -0.4 is 16.2 Å². The maximum atomic E-state index is 12.2. The van der Waals surface area contributed by atoms with Crippen LogP contribution >= 0.6 is 0 Å². The van der Waals surface area contributed by atoms with E-state index >= 15 is 0 Å². The van der Waals surface area contributed by atoms with Crippen molar-refractivity contribution in [1.29, 1.82) is 0 Å². The van der Waals surface area contributed by atoms with Crippen molar-refractivity contribution in [3.05, 3.63) is 77.4 Å². The molecule has 0 atom stereocenters. The van der Waals surface area contributed by atoms with Crippen molar-refractivity contribution in [1.82, 2.24) is 10.9 Å². The number of hydrazine groups is 1. The van der Waals surface area contributed by atoms with Gasteiger partial charge in [-0.25, -0.2) is 0 Å². The van der Waals surface area contributed by atoms with Gasteiger partial charge in [-0.1, -0.05) is 48.0 Å². The van der Waals surface area contributed by atoms with Crippen LogP contribution in [0.25, 0.3) is 10.8 Å². The van der Waals surface area contributed by atoms with E-state index in [1.54, 1.807) is 12.1 Å². The highest BCUT2D eigenvalue weighted by atomic mass is 16.2. The van der Waals surface area contributed by atoms with Gasteiger partial charge in [-0.05, 0) is 48.4 Å². The molecule has 0 aliphatic carbocycles. The van der Waals surface area contributed by atoms with Crippen LogP contribution in [0.2, 0.25) is 0 Å². The minimum absolute atomic E-state index is 0.0713. The molecule has 3 aromatic rings. The molecule has 2 amide bonds. The van der Waals surface area contributed by atoms with E-state index in [2.05, 4.69) is 16.2 Å². The summed E-state index contributed by atoms with van der Waals surface area (Å²) in [4.78, 5) is 24.2. The molecular weight excluding hydrogens is 326 g/mol. The van der Waals surface area contributed by atoms with Gasteiger partial charge in [0.2, 0.25) is 0 Å². The summed E-state index contributed by atoms with van der Waals surface area (Å²) >= 11 is 0. The van der Waals surface area contributed by atoms with E-state index in [-0.39, 0.29) is 18.4 Å². The monoisotopic (exact) mass is 347 g/mol. The summed E-state index contributed by atoms with van der Waals surface area (Å²) < 4.78 is 0. The van der Waals surface area contributed by atoms with Gasteiger partial charge in [-0.3, -0.25) is 20.4 Å². The first kappa shape index (κ1) is 17.5. The fourth-order valence-electron chi connectivity index (χ4n) is 2.76. The molecule has 0 saturated heterocycles. The molecular formula is C21H21N3O2. The Labute approximate surface area is 152 Å². The summed E-state index contributed by atoms with van der Waals surface area (Å²) in [5, 5.41) is 5.10. The summed E-state index contributed by atoms with van der Waals surface area (Å²) in [5.74, 6) is -0.672. The third kappa shape index (κ3) is 4.19. The zero-order valence-electron chi connectivity index (χ0n) is 14.8. The smallest absolute Gasteiger partial charge is 0.269 e. The second-order valence-corrected chi connectivity index (χ2v) is 6.24. The van der Waals surface area contributed by atoms with Gasteiger partial charge in [0, 0.05) is 11.3 Å². The molecule has 0 aromatic heterocycles. The van der Waals surface area contributed by atoms with Crippen molar-refractivity contribution in [2.45, 2.75) is 13.8 Å². The fraction of sp³-hybridized carbons (Fsp3) is 0.143. The number of hydrogen-bond donors (Lipinski definition) is 3. The lowest BCUT2D eigenvalue weighted by Gasteiger charge is -2.11. The van der Waals surface area contributed by atoms with Gasteiger partial charge in [-0.2, -0.15) is 0 Å². The predicted molar refractivity (Wildman–Crippen MR) is 104 cm³/mol. The van der Waals surface area contributed by atoms with Crippen molar-refractivity contribution in [2.24, 2.45) is 0 Å². The Morgan fingerprint density at radius 1 is 0.846 bits per heavy atom. The highest BCUT2D eigenvalue weighted by molar-refractivity contribution is 5.99. The predicted octanol–water partition coefficient (Wildman–Crippen LogP) is 3.33. The minimum Gasteiger partial charge on any atom is -0.376 e. The Morgan fingerprint density at radius 2 is 1.62 bits per heavy atom. The first-order valence-electron chi connectivity index (χ1n) is 8.42. The van der Waals surface area contributed by atoms with Crippen LogP contribution in [0.3, 0.4) is 0 Å². The van der Waals surface area contributed by atoms with Crippen molar-refractivity contribution in [3.8, 4) is 0 Å². The van der Waals surface area contributed by atoms with Gasteiger partial charge in [0.15, 0.2) is 0 Å². The summed E-state index contributed by atoms with van der Waals surface area (Å²) in [6.07, 6.45) is 0. The second kappa shape index (κ2) is 7.70. The summed E-state index contributed by atoms with van der Waals surface area (Å²) in [6, 6.07) is 19.2. The standard InChI is InChI=1S/C21H21N3O2/c1-14-7-10-19(15(2)11-14)22-13-20(25)23-24-21(26)18-9-8-16-5-3-4-6-17(16)12-18/h3-12,22H,13H2,1-2H3,(H,23,25)(H,24,26). The molecule has 5 nitrogen and oxygen atoms in total. The highest BCUT2D eigenvalue weighted by Crippen LogP contribution is 2.16. The molecule has 3 rings (SSSR count). The number of aryl methyl sites for hydroxylation is 2. The quantitative estimate of drug-likeness (QED) is 0.634. The number of carbonyl (C=O) groups is 2. The zero-order valence-corrected chi connectivity index (χ0v) is 14.8. The highest BCUT2D eigenvalue weighted by Gasteiger charge is 2.08. The van der Waals surface area contributed by atoms with E-state index in [0.717, 1.165) is 22.0 Å². The number of amides is 2. The molecule has 0 unspecified atom stereocenters. The van der Waals surface area contributed by atoms with Crippen LogP contribution in [0.1, 0.15) is 21.5 Å². The van der Waals surface area contributed by atoms with Crippen molar-refractivity contribution < 1.29 is 9.59 Å². The molecule has 3 aromatic carbocycles. The van der Waals surface area contributed by atoms with E-state index < -0.39 is 0 Å². The van der Waals surface area contributed by atoms with Gasteiger partial charge in [0.1, 0.15) is 0 Å². The van der Waals surface area contributed by atoms with E-state index in [0.29, 0.717) is 5.56 Å². The van der Waals surface area contributed by atoms with Gasteiger partial charge in [0.25, 0.3) is 11.8 Å². The average Bonchev–Trinajstić information content (AvgIpc) is 2.65. The van der Waals surface area contributed by atoms with E-state index in [4.69, 9.17) is 0 Å². The SMILES string of the molecule is Cc1ccc(NCC(=O)NNC(=O)c2ccc3ccccc3c2)c(C)c1. The number of hydrogen-bond acceptors (Lipinski definition) is 3. The summed E-state index contributed by atoms with van der Waals surface area (Å²) in [7, 11) is 0. The lowest BCUT2D eigenvalue weighted by Crippen LogP contribution is -2.44. The van der Waals surface area contributed by atoms with Gasteiger partial charge in [-0.15, -0.1) is 0 Å². The first-order chi connectivity index (χ1) is 12.5. The molecule has 0 fully saturated rings. The number of fused-ring (bicyclic) bond motifs is 1. The minimum atomic E-state index is -0.351. The Kier molecular flexibility index (Phi) is 5.17. The third-order valence-corrected chi connectivity index (χ3v) is 4.15. The number of benzene rings is 3. The van der Waals surface area contributed by atoms with Crippen molar-refractivity contribution in [3.63, 3.8) is 0 Å². The number of nitrogens with one attached hydrogen (secondary N) is 3. The molecule has 0 bridgehead atoms. The van der Waals surface area contributed by atoms with E-state index in [9.17, 15) is 9.59 Å². The number of anilines is 1. The maximum Gasteiger partial charge on any atom is 0.269 e. The molecule has 5 heteroatoms. The Bertz CT molecular complexity index is 966. The zero-order chi connectivity index (χ0) is 18.5. The van der Waals surface area contributed by atoms with Crippen LogP contribution in [0.15, 0.2) is 60.7 Å². The molecule has 3 N–H and O–H groups in total. The topological polar surface area (TPSA) is 70.2 Å². The number of carbonyl (C=O) groups excluding carboxylic acids is 2. The molecule has 132 valence electrons. The van der Waals surface area contributed by atoms with Crippen LogP contribution in [0.4, 0.5) is 5.69 Å². The summed E-state index contributed by atoms with van der Waals surface area (Å²) in [6.45, 7) is 4.07. The maximum absolute atomic E-state index is 12.2. The Morgan fingerprint density at radius 3 is 2.38 bits per heavy atom. The Balaban J connectivity index is 1.54. The van der Waals surface area contributed by atoms with Crippen molar-refractivity contribution >= 4 is 28.3 Å². The normalized spacial score (nSPS) is 10.4. The molecule has 0 saturated carbocycles.